The van der Waals surface area contributed by atoms with Crippen molar-refractivity contribution in [2.24, 2.45) is 5.41 Å². The molecule has 0 unspecified atom stereocenters. The zero-order valence-corrected chi connectivity index (χ0v) is 16.8. The second-order valence-electron chi connectivity index (χ2n) is 7.52. The number of carbonyl (C=O) groups excluding carboxylic acids is 2. The summed E-state index contributed by atoms with van der Waals surface area (Å²) in [4.78, 5) is 30.4. The molecule has 1 aromatic carbocycles. The highest BCUT2D eigenvalue weighted by Gasteiger charge is 2.43. The molecule has 0 atom stereocenters. The molecule has 0 aliphatic heterocycles. The molecule has 28 heavy (non-hydrogen) atoms. The van der Waals surface area contributed by atoms with Crippen molar-refractivity contribution >= 4 is 17.6 Å². The maximum absolute atomic E-state index is 12.4. The molecule has 1 heterocycles. The van der Waals surface area contributed by atoms with E-state index in [2.05, 4.69) is 20.2 Å². The number of anilines is 1. The molecule has 3 rings (SSSR count). The van der Waals surface area contributed by atoms with Crippen LogP contribution in [0.3, 0.4) is 0 Å². The van der Waals surface area contributed by atoms with E-state index in [9.17, 15) is 9.59 Å². The average molecular weight is 385 g/mol. The van der Waals surface area contributed by atoms with Crippen LogP contribution in [0.5, 0.6) is 5.75 Å². The zero-order valence-electron chi connectivity index (χ0n) is 16.8. The second kappa shape index (κ2) is 7.92. The third kappa shape index (κ3) is 4.44. The highest BCUT2D eigenvalue weighted by Crippen LogP contribution is 2.46. The minimum absolute atomic E-state index is 0.0920. The van der Waals surface area contributed by atoms with Crippen LogP contribution in [0.2, 0.25) is 0 Å². The van der Waals surface area contributed by atoms with Gasteiger partial charge >= 0.3 is 6.03 Å². The van der Waals surface area contributed by atoms with E-state index in [0.717, 1.165) is 25.2 Å². The third-order valence-corrected chi connectivity index (χ3v) is 5.10. The van der Waals surface area contributed by atoms with Gasteiger partial charge in [0.05, 0.1) is 12.7 Å². The van der Waals surface area contributed by atoms with Gasteiger partial charge < -0.3 is 24.8 Å². The lowest BCUT2D eigenvalue weighted by molar-refractivity contribution is 0.0824. The van der Waals surface area contributed by atoms with Gasteiger partial charge in [-0.15, -0.1) is 0 Å². The second-order valence-corrected chi connectivity index (χ2v) is 7.52. The van der Waals surface area contributed by atoms with Gasteiger partial charge in [0.25, 0.3) is 5.91 Å². The number of aryl methyl sites for hydroxylation is 1. The Morgan fingerprint density at radius 2 is 2.07 bits per heavy atom. The molecular formula is C20H27N5O3. The first-order valence-electron chi connectivity index (χ1n) is 9.26. The van der Waals surface area contributed by atoms with Crippen molar-refractivity contribution in [3.63, 3.8) is 0 Å². The number of hydrogen-bond donors (Lipinski definition) is 2. The molecule has 1 fully saturated rings. The number of carbonyl (C=O) groups is 2. The fourth-order valence-corrected chi connectivity index (χ4v) is 3.14. The van der Waals surface area contributed by atoms with Gasteiger partial charge in [0.2, 0.25) is 0 Å². The molecule has 8 heteroatoms. The molecule has 0 saturated heterocycles. The van der Waals surface area contributed by atoms with Gasteiger partial charge in [-0.1, -0.05) is 0 Å². The minimum atomic E-state index is -0.290. The fourth-order valence-electron chi connectivity index (χ4n) is 3.14. The third-order valence-electron chi connectivity index (χ3n) is 5.10. The topological polar surface area (TPSA) is 88.5 Å². The van der Waals surface area contributed by atoms with Gasteiger partial charge in [0, 0.05) is 50.7 Å². The smallest absolute Gasteiger partial charge is 0.319 e. The molecule has 0 radical (unpaired) electrons. The van der Waals surface area contributed by atoms with Crippen LogP contribution in [0.1, 0.15) is 29.0 Å². The number of nitrogens with zero attached hydrogens (tertiary/aromatic N) is 3. The molecule has 1 aliphatic carbocycles. The van der Waals surface area contributed by atoms with Crippen LogP contribution >= 0.6 is 0 Å². The standard InChI is InChI=1S/C20H27N5O3/c1-14-21-9-10-25(14)13-20(7-8-20)12-22-19(27)23-15-5-6-17(28-4)16(11-15)18(26)24(2)3/h5-6,9-11H,7-8,12-13H2,1-4H3,(H2,22,23,27). The summed E-state index contributed by atoms with van der Waals surface area (Å²) >= 11 is 0. The van der Waals surface area contributed by atoms with Crippen LogP contribution in [-0.2, 0) is 6.54 Å². The number of hydrogen-bond acceptors (Lipinski definition) is 4. The number of urea groups is 1. The van der Waals surface area contributed by atoms with E-state index in [4.69, 9.17) is 4.74 Å². The number of benzene rings is 1. The van der Waals surface area contributed by atoms with Gasteiger partial charge in [-0.3, -0.25) is 4.79 Å². The SMILES string of the molecule is COc1ccc(NC(=O)NCC2(Cn3ccnc3C)CC2)cc1C(=O)N(C)C. The number of rotatable bonds is 7. The molecule has 0 spiro atoms. The summed E-state index contributed by atoms with van der Waals surface area (Å²) in [6.45, 7) is 3.42. The first-order chi connectivity index (χ1) is 13.3. The van der Waals surface area contributed by atoms with Crippen molar-refractivity contribution in [3.05, 3.63) is 42.0 Å². The van der Waals surface area contributed by atoms with E-state index >= 15 is 0 Å². The van der Waals surface area contributed by atoms with Crippen LogP contribution in [0.4, 0.5) is 10.5 Å². The van der Waals surface area contributed by atoms with E-state index in [1.54, 1.807) is 38.5 Å². The summed E-state index contributed by atoms with van der Waals surface area (Å²) in [6, 6.07) is 4.73. The first kappa shape index (κ1) is 19.7. The molecule has 150 valence electrons. The van der Waals surface area contributed by atoms with E-state index < -0.39 is 0 Å². The van der Waals surface area contributed by atoms with Crippen molar-refractivity contribution in [2.45, 2.75) is 26.3 Å². The Kier molecular flexibility index (Phi) is 5.58. The quantitative estimate of drug-likeness (QED) is 0.766. The molecular weight excluding hydrogens is 358 g/mol. The molecule has 8 nitrogen and oxygen atoms in total. The molecule has 3 amide bonds. The Balaban J connectivity index is 1.60. The predicted octanol–water partition coefficient (Wildman–Crippen LogP) is 2.50. The Labute approximate surface area is 164 Å². The fraction of sp³-hybridized carbons (Fsp3) is 0.450. The highest BCUT2D eigenvalue weighted by atomic mass is 16.5. The van der Waals surface area contributed by atoms with Crippen LogP contribution < -0.4 is 15.4 Å². The van der Waals surface area contributed by atoms with E-state index in [-0.39, 0.29) is 17.4 Å². The van der Waals surface area contributed by atoms with Gasteiger partial charge in [-0.2, -0.15) is 0 Å². The lowest BCUT2D eigenvalue weighted by Gasteiger charge is -2.18. The summed E-state index contributed by atoms with van der Waals surface area (Å²) < 4.78 is 7.37. The molecule has 1 saturated carbocycles. The Morgan fingerprint density at radius 3 is 2.64 bits per heavy atom. The summed E-state index contributed by atoms with van der Waals surface area (Å²) in [7, 11) is 4.86. The molecule has 2 N–H and O–H groups in total. The monoisotopic (exact) mass is 385 g/mol. The summed E-state index contributed by atoms with van der Waals surface area (Å²) in [6.07, 6.45) is 5.92. The zero-order chi connectivity index (χ0) is 20.3. The summed E-state index contributed by atoms with van der Waals surface area (Å²) in [5.41, 5.74) is 1.03. The maximum Gasteiger partial charge on any atom is 0.319 e. The van der Waals surface area contributed by atoms with Crippen molar-refractivity contribution in [1.82, 2.24) is 19.8 Å². The van der Waals surface area contributed by atoms with Crippen molar-refractivity contribution in [1.29, 1.82) is 0 Å². The highest BCUT2D eigenvalue weighted by molar-refractivity contribution is 5.99. The molecule has 0 bridgehead atoms. The largest absolute Gasteiger partial charge is 0.496 e. The molecule has 1 aliphatic rings. The molecule has 2 aromatic rings. The minimum Gasteiger partial charge on any atom is -0.496 e. The van der Waals surface area contributed by atoms with Crippen molar-refractivity contribution in [3.8, 4) is 5.75 Å². The lowest BCUT2D eigenvalue weighted by Crippen LogP contribution is -2.35. The van der Waals surface area contributed by atoms with Crippen LogP contribution in [-0.4, -0.2) is 54.1 Å². The Hall–Kier alpha value is -3.03. The van der Waals surface area contributed by atoms with E-state index in [1.165, 1.54) is 12.0 Å². The van der Waals surface area contributed by atoms with Gasteiger partial charge in [0.15, 0.2) is 0 Å². The van der Waals surface area contributed by atoms with Gasteiger partial charge in [-0.05, 0) is 38.0 Å². The first-order valence-corrected chi connectivity index (χ1v) is 9.26. The van der Waals surface area contributed by atoms with Crippen molar-refractivity contribution < 1.29 is 14.3 Å². The lowest BCUT2D eigenvalue weighted by atomic mass is 10.1. The van der Waals surface area contributed by atoms with Crippen LogP contribution in [0.15, 0.2) is 30.6 Å². The summed E-state index contributed by atoms with van der Waals surface area (Å²) in [5.74, 6) is 1.26. The van der Waals surface area contributed by atoms with E-state index in [0.29, 0.717) is 23.5 Å². The predicted molar refractivity (Wildman–Crippen MR) is 107 cm³/mol. The van der Waals surface area contributed by atoms with Crippen molar-refractivity contribution in [2.75, 3.05) is 33.1 Å². The number of imidazole rings is 1. The molecule has 1 aromatic heterocycles. The number of methoxy groups -OCH3 is 1. The van der Waals surface area contributed by atoms with Crippen LogP contribution in [0.25, 0.3) is 0 Å². The normalized spacial score (nSPS) is 14.3. The number of ether oxygens (including phenoxy) is 1. The van der Waals surface area contributed by atoms with Gasteiger partial charge in [-0.25, -0.2) is 9.78 Å². The van der Waals surface area contributed by atoms with Crippen LogP contribution in [0, 0.1) is 12.3 Å². The Bertz CT molecular complexity index is 870. The number of aromatic nitrogens is 2. The van der Waals surface area contributed by atoms with Gasteiger partial charge in [0.1, 0.15) is 11.6 Å². The maximum atomic E-state index is 12.4. The van der Waals surface area contributed by atoms with E-state index in [1.807, 2.05) is 13.1 Å². The Morgan fingerprint density at radius 1 is 1.32 bits per heavy atom. The number of amides is 3. The summed E-state index contributed by atoms with van der Waals surface area (Å²) in [5, 5.41) is 5.76. The average Bonchev–Trinajstić information content (AvgIpc) is 3.33. The number of nitrogens with one attached hydrogen (secondary N) is 2.